The number of fused-ring (bicyclic) bond motifs is 4. The molecule has 6 nitrogen and oxygen atoms in total. The highest BCUT2D eigenvalue weighted by Crippen LogP contribution is 2.36. The molecule has 2 unspecified atom stereocenters. The number of pyridine rings is 1. The Hall–Kier alpha value is -2.97. The van der Waals surface area contributed by atoms with Crippen LogP contribution in [0, 0.1) is 5.92 Å². The molecule has 2 aromatic rings. The number of piperidine rings is 1. The molecule has 182 valence electrons. The molecule has 34 heavy (non-hydrogen) atoms. The van der Waals surface area contributed by atoms with E-state index >= 15 is 0 Å². The summed E-state index contributed by atoms with van der Waals surface area (Å²) in [5.41, 5.74) is 1.74. The van der Waals surface area contributed by atoms with Crippen LogP contribution in [-0.4, -0.2) is 41.0 Å². The first kappa shape index (κ1) is 22.8. The van der Waals surface area contributed by atoms with Crippen LogP contribution >= 0.6 is 0 Å². The van der Waals surface area contributed by atoms with Crippen molar-refractivity contribution in [2.45, 2.75) is 63.4 Å². The zero-order chi connectivity index (χ0) is 23.9. The second-order valence-electron chi connectivity index (χ2n) is 9.65. The monoisotopic (exact) mass is 475 g/mol. The summed E-state index contributed by atoms with van der Waals surface area (Å²) in [6.07, 6.45) is 1.81. The number of carbonyl (C=O) groups is 1. The molecule has 0 spiro atoms. The normalized spacial score (nSPS) is 22.7. The maximum Gasteiger partial charge on any atom is 0.573 e. The quantitative estimate of drug-likeness (QED) is 0.689. The van der Waals surface area contributed by atoms with Gasteiger partial charge in [0.2, 0.25) is 0 Å². The fourth-order valence-corrected chi connectivity index (χ4v) is 5.68. The number of nitrogens with one attached hydrogen (secondary N) is 1. The predicted molar refractivity (Wildman–Crippen MR) is 121 cm³/mol. The molecule has 1 aliphatic carbocycles. The van der Waals surface area contributed by atoms with Crippen LogP contribution in [0.2, 0.25) is 0 Å². The fraction of sp³-hybridized carbons (Fsp3) is 0.520. The molecule has 1 aromatic heterocycles. The van der Waals surface area contributed by atoms with E-state index in [1.807, 2.05) is 11.0 Å². The van der Waals surface area contributed by atoms with E-state index in [1.165, 1.54) is 30.7 Å². The number of rotatable bonds is 3. The lowest BCUT2D eigenvalue weighted by Gasteiger charge is -2.43. The molecule has 9 heteroatoms. The molecule has 2 fully saturated rings. The van der Waals surface area contributed by atoms with Crippen molar-refractivity contribution < 1.29 is 22.7 Å². The number of alkyl halides is 3. The Morgan fingerprint density at radius 3 is 2.41 bits per heavy atom. The Morgan fingerprint density at radius 2 is 1.71 bits per heavy atom. The Labute approximate surface area is 195 Å². The molecular formula is C25H28F3N3O3. The Bertz CT molecular complexity index is 1110. The zero-order valence-corrected chi connectivity index (χ0v) is 18.8. The largest absolute Gasteiger partial charge is 0.573 e. The van der Waals surface area contributed by atoms with Gasteiger partial charge in [-0.3, -0.25) is 4.79 Å². The summed E-state index contributed by atoms with van der Waals surface area (Å²) in [7, 11) is 0. The molecule has 3 heterocycles. The molecular weight excluding hydrogens is 447 g/mol. The maximum absolute atomic E-state index is 13.3. The van der Waals surface area contributed by atoms with E-state index in [4.69, 9.17) is 0 Å². The van der Waals surface area contributed by atoms with Crippen molar-refractivity contribution in [2.75, 3.05) is 13.1 Å². The second kappa shape index (κ2) is 9.00. The minimum atomic E-state index is -4.76. The topological polar surface area (TPSA) is 63.6 Å². The van der Waals surface area contributed by atoms with Crippen molar-refractivity contribution in [3.8, 4) is 16.9 Å². The Morgan fingerprint density at radius 1 is 0.971 bits per heavy atom. The number of likely N-dealkylation sites (tertiary alicyclic amines) is 1. The third-order valence-electron chi connectivity index (χ3n) is 7.22. The number of aromatic nitrogens is 1. The summed E-state index contributed by atoms with van der Waals surface area (Å²) >= 11 is 0. The number of amides is 2. The molecule has 2 bridgehead atoms. The van der Waals surface area contributed by atoms with Gasteiger partial charge in [-0.1, -0.05) is 31.4 Å². The van der Waals surface area contributed by atoms with Crippen molar-refractivity contribution in [3.63, 3.8) is 0 Å². The number of urea groups is 1. The summed E-state index contributed by atoms with van der Waals surface area (Å²) in [5, 5.41) is 3.20. The molecule has 2 atom stereocenters. The Kier molecular flexibility index (Phi) is 6.04. The first-order valence-corrected chi connectivity index (χ1v) is 11.9. The number of ether oxygens (including phenoxy) is 1. The van der Waals surface area contributed by atoms with Crippen LogP contribution in [0.5, 0.6) is 5.75 Å². The van der Waals surface area contributed by atoms with Gasteiger partial charge < -0.3 is 19.5 Å². The summed E-state index contributed by atoms with van der Waals surface area (Å²) in [5.74, 6) is -0.0387. The third-order valence-corrected chi connectivity index (χ3v) is 7.22. The molecule has 1 saturated heterocycles. The van der Waals surface area contributed by atoms with E-state index in [0.29, 0.717) is 30.8 Å². The van der Waals surface area contributed by atoms with E-state index in [-0.39, 0.29) is 35.2 Å². The molecule has 2 aliphatic heterocycles. The van der Waals surface area contributed by atoms with E-state index < -0.39 is 6.36 Å². The lowest BCUT2D eigenvalue weighted by atomic mass is 9.83. The van der Waals surface area contributed by atoms with Crippen LogP contribution in [-0.2, 0) is 6.54 Å². The van der Waals surface area contributed by atoms with Crippen LogP contribution in [0.4, 0.5) is 18.0 Å². The van der Waals surface area contributed by atoms with Gasteiger partial charge in [0, 0.05) is 42.9 Å². The average molecular weight is 476 g/mol. The van der Waals surface area contributed by atoms with Crippen LogP contribution < -0.4 is 15.6 Å². The molecule has 2 amide bonds. The number of nitrogens with zero attached hydrogens (tertiary/aromatic N) is 2. The molecule has 5 rings (SSSR count). The second-order valence-corrected chi connectivity index (χ2v) is 9.65. The van der Waals surface area contributed by atoms with E-state index in [0.717, 1.165) is 37.8 Å². The number of benzene rings is 1. The minimum absolute atomic E-state index is 0.00446. The molecule has 1 aromatic carbocycles. The van der Waals surface area contributed by atoms with Gasteiger partial charge in [0.05, 0.1) is 0 Å². The molecule has 3 aliphatic rings. The molecule has 1 N–H and O–H groups in total. The maximum atomic E-state index is 13.3. The minimum Gasteiger partial charge on any atom is -0.406 e. The van der Waals surface area contributed by atoms with Gasteiger partial charge in [0.15, 0.2) is 0 Å². The fourth-order valence-electron chi connectivity index (χ4n) is 5.68. The summed E-state index contributed by atoms with van der Waals surface area (Å²) in [4.78, 5) is 28.1. The van der Waals surface area contributed by atoms with Crippen molar-refractivity contribution in [1.29, 1.82) is 0 Å². The van der Waals surface area contributed by atoms with Gasteiger partial charge >= 0.3 is 12.4 Å². The highest BCUT2D eigenvalue weighted by molar-refractivity contribution is 5.75. The van der Waals surface area contributed by atoms with E-state index in [2.05, 4.69) is 10.1 Å². The Balaban J connectivity index is 1.33. The third kappa shape index (κ3) is 4.79. The first-order valence-electron chi connectivity index (χ1n) is 11.9. The zero-order valence-electron chi connectivity index (χ0n) is 18.8. The molecule has 1 saturated carbocycles. The summed E-state index contributed by atoms with van der Waals surface area (Å²) in [6, 6.07) is 9.25. The first-order chi connectivity index (χ1) is 16.3. The van der Waals surface area contributed by atoms with Crippen molar-refractivity contribution >= 4 is 6.03 Å². The number of halogens is 3. The van der Waals surface area contributed by atoms with Gasteiger partial charge in [-0.15, -0.1) is 13.2 Å². The van der Waals surface area contributed by atoms with Gasteiger partial charge in [-0.2, -0.15) is 0 Å². The standard InChI is InChI=1S/C25H28F3N3O3/c26-25(27,28)34-20-8-6-17(7-9-20)21-10-11-22-18-12-16(14-31(22)23(21)32)13-30(15-18)24(33)29-19-4-2-1-3-5-19/h6-11,16,18-19H,1-5,12-15H2,(H,29,33). The number of carbonyl (C=O) groups excluding carboxylic acids is 1. The van der Waals surface area contributed by atoms with Crippen LogP contribution in [0.1, 0.15) is 50.1 Å². The van der Waals surface area contributed by atoms with Crippen LogP contribution in [0.15, 0.2) is 41.2 Å². The van der Waals surface area contributed by atoms with Gasteiger partial charge in [0.1, 0.15) is 5.75 Å². The smallest absolute Gasteiger partial charge is 0.406 e. The van der Waals surface area contributed by atoms with Gasteiger partial charge in [0.25, 0.3) is 5.56 Å². The summed E-state index contributed by atoms with van der Waals surface area (Å²) < 4.78 is 43.0. The highest BCUT2D eigenvalue weighted by Gasteiger charge is 2.37. The van der Waals surface area contributed by atoms with E-state index in [9.17, 15) is 22.8 Å². The average Bonchev–Trinajstić information content (AvgIpc) is 2.80. The van der Waals surface area contributed by atoms with Gasteiger partial charge in [-0.25, -0.2) is 4.79 Å². The molecule has 0 radical (unpaired) electrons. The van der Waals surface area contributed by atoms with Crippen molar-refractivity contribution in [1.82, 2.24) is 14.8 Å². The van der Waals surface area contributed by atoms with Crippen LogP contribution in [0.25, 0.3) is 11.1 Å². The number of hydrogen-bond acceptors (Lipinski definition) is 3. The number of hydrogen-bond donors (Lipinski definition) is 1. The lowest BCUT2D eigenvalue weighted by Crippen LogP contribution is -2.53. The highest BCUT2D eigenvalue weighted by atomic mass is 19.4. The van der Waals surface area contributed by atoms with Gasteiger partial charge in [-0.05, 0) is 55.0 Å². The van der Waals surface area contributed by atoms with Crippen LogP contribution in [0.3, 0.4) is 0 Å². The SMILES string of the molecule is O=C(NC1CCCCC1)N1CC2CC(C1)c1ccc(-c3ccc(OC(F)(F)F)cc3)c(=O)n1C2. The van der Waals surface area contributed by atoms with Crippen molar-refractivity contribution in [3.05, 3.63) is 52.4 Å². The lowest BCUT2D eigenvalue weighted by molar-refractivity contribution is -0.274. The van der Waals surface area contributed by atoms with E-state index in [1.54, 1.807) is 10.6 Å². The predicted octanol–water partition coefficient (Wildman–Crippen LogP) is 4.88. The van der Waals surface area contributed by atoms with Crippen molar-refractivity contribution in [2.24, 2.45) is 5.92 Å². The summed E-state index contributed by atoms with van der Waals surface area (Å²) in [6.45, 7) is 1.73.